The second-order valence-electron chi connectivity index (χ2n) is 4.86. The van der Waals surface area contributed by atoms with Crippen molar-refractivity contribution in [2.45, 2.75) is 32.8 Å². The van der Waals surface area contributed by atoms with E-state index in [0.29, 0.717) is 11.1 Å². The maximum Gasteiger partial charge on any atom is 0.310 e. The Morgan fingerprint density at radius 2 is 2.06 bits per heavy atom. The smallest absolute Gasteiger partial charge is 0.310 e. The fourth-order valence-electron chi connectivity index (χ4n) is 1.44. The normalized spacial score (nSPS) is 11.1. The molecule has 0 heterocycles. The van der Waals surface area contributed by atoms with Crippen LogP contribution in [-0.2, 0) is 16.0 Å². The van der Waals surface area contributed by atoms with E-state index in [1.165, 1.54) is 12.1 Å². The van der Waals surface area contributed by atoms with Gasteiger partial charge in [-0.2, -0.15) is 0 Å². The summed E-state index contributed by atoms with van der Waals surface area (Å²) in [5, 5.41) is 0. The van der Waals surface area contributed by atoms with Crippen LogP contribution in [0.15, 0.2) is 24.8 Å². The van der Waals surface area contributed by atoms with Crippen LogP contribution >= 0.6 is 0 Å². The van der Waals surface area contributed by atoms with Gasteiger partial charge >= 0.3 is 5.97 Å². The monoisotopic (exact) mass is 236 g/mol. The summed E-state index contributed by atoms with van der Waals surface area (Å²) in [4.78, 5) is 11.6. The van der Waals surface area contributed by atoms with Crippen LogP contribution in [0.1, 0.15) is 31.9 Å². The van der Waals surface area contributed by atoms with Gasteiger partial charge in [-0.05, 0) is 44.0 Å². The summed E-state index contributed by atoms with van der Waals surface area (Å²) in [5.41, 5.74) is 0.726. The molecule has 92 valence electrons. The highest BCUT2D eigenvalue weighted by Gasteiger charge is 2.16. The van der Waals surface area contributed by atoms with Gasteiger partial charge in [-0.3, -0.25) is 4.79 Å². The fraction of sp³-hybridized carbons (Fsp3) is 0.357. The van der Waals surface area contributed by atoms with E-state index in [4.69, 9.17) is 4.74 Å². The van der Waals surface area contributed by atoms with Crippen molar-refractivity contribution in [1.29, 1.82) is 0 Å². The molecule has 0 saturated heterocycles. The SMILES string of the molecule is C=Cc1cc(F)cc(CC(=O)OC(C)(C)C)c1. The van der Waals surface area contributed by atoms with E-state index >= 15 is 0 Å². The molecule has 0 spiro atoms. The molecule has 0 aliphatic heterocycles. The van der Waals surface area contributed by atoms with Gasteiger partial charge < -0.3 is 4.74 Å². The van der Waals surface area contributed by atoms with Crippen molar-refractivity contribution in [2.75, 3.05) is 0 Å². The lowest BCUT2D eigenvalue weighted by molar-refractivity contribution is -0.153. The van der Waals surface area contributed by atoms with Crippen molar-refractivity contribution in [3.05, 3.63) is 41.7 Å². The van der Waals surface area contributed by atoms with E-state index in [9.17, 15) is 9.18 Å². The zero-order valence-electron chi connectivity index (χ0n) is 10.4. The molecule has 0 aliphatic rings. The summed E-state index contributed by atoms with van der Waals surface area (Å²) in [7, 11) is 0. The number of ether oxygens (including phenoxy) is 1. The van der Waals surface area contributed by atoms with Crippen LogP contribution < -0.4 is 0 Å². The van der Waals surface area contributed by atoms with E-state index in [0.717, 1.165) is 0 Å². The van der Waals surface area contributed by atoms with Crippen LogP contribution in [-0.4, -0.2) is 11.6 Å². The average Bonchev–Trinajstić information content (AvgIpc) is 2.13. The minimum Gasteiger partial charge on any atom is -0.460 e. The summed E-state index contributed by atoms with van der Waals surface area (Å²) >= 11 is 0. The molecule has 0 aromatic heterocycles. The molecule has 0 radical (unpaired) electrons. The number of hydrogen-bond donors (Lipinski definition) is 0. The highest BCUT2D eigenvalue weighted by molar-refractivity contribution is 5.73. The molecule has 0 atom stereocenters. The zero-order chi connectivity index (χ0) is 13.1. The number of carbonyl (C=O) groups is 1. The van der Waals surface area contributed by atoms with E-state index in [1.54, 1.807) is 32.9 Å². The summed E-state index contributed by atoms with van der Waals surface area (Å²) in [6, 6.07) is 4.42. The highest BCUT2D eigenvalue weighted by Crippen LogP contribution is 2.14. The fourth-order valence-corrected chi connectivity index (χ4v) is 1.44. The summed E-state index contributed by atoms with van der Waals surface area (Å²) in [6.45, 7) is 8.96. The molecule has 1 rings (SSSR count). The third-order valence-electron chi connectivity index (χ3n) is 1.98. The minimum absolute atomic E-state index is 0.0653. The maximum absolute atomic E-state index is 13.2. The van der Waals surface area contributed by atoms with Gasteiger partial charge in [0.25, 0.3) is 0 Å². The average molecular weight is 236 g/mol. The van der Waals surface area contributed by atoms with E-state index in [1.807, 2.05) is 0 Å². The summed E-state index contributed by atoms with van der Waals surface area (Å²) in [6.07, 6.45) is 1.61. The molecule has 17 heavy (non-hydrogen) atoms. The van der Waals surface area contributed by atoms with Crippen LogP contribution in [0.25, 0.3) is 6.08 Å². The van der Waals surface area contributed by atoms with Crippen LogP contribution in [0.3, 0.4) is 0 Å². The third-order valence-corrected chi connectivity index (χ3v) is 1.98. The van der Waals surface area contributed by atoms with E-state index in [-0.39, 0.29) is 18.2 Å². The number of halogens is 1. The summed E-state index contributed by atoms with van der Waals surface area (Å²) < 4.78 is 18.4. The second kappa shape index (κ2) is 5.13. The Morgan fingerprint density at radius 1 is 1.41 bits per heavy atom. The van der Waals surface area contributed by atoms with Crippen molar-refractivity contribution in [1.82, 2.24) is 0 Å². The number of benzene rings is 1. The molecule has 0 unspecified atom stereocenters. The second-order valence-corrected chi connectivity index (χ2v) is 4.86. The Labute approximate surface area is 101 Å². The van der Waals surface area contributed by atoms with Crippen molar-refractivity contribution >= 4 is 12.0 Å². The molecule has 3 heteroatoms. The molecular formula is C14H17FO2. The van der Waals surface area contributed by atoms with Crippen molar-refractivity contribution in [2.24, 2.45) is 0 Å². The van der Waals surface area contributed by atoms with Gasteiger partial charge in [0.05, 0.1) is 6.42 Å². The van der Waals surface area contributed by atoms with Gasteiger partial charge in [-0.15, -0.1) is 0 Å². The molecule has 0 fully saturated rings. The first kappa shape index (κ1) is 13.4. The molecule has 2 nitrogen and oxygen atoms in total. The molecule has 0 bridgehead atoms. The topological polar surface area (TPSA) is 26.3 Å². The Hall–Kier alpha value is -1.64. The van der Waals surface area contributed by atoms with E-state index < -0.39 is 5.60 Å². The minimum atomic E-state index is -0.522. The lowest BCUT2D eigenvalue weighted by atomic mass is 10.1. The molecular weight excluding hydrogens is 219 g/mol. The zero-order valence-corrected chi connectivity index (χ0v) is 10.4. The van der Waals surface area contributed by atoms with Gasteiger partial charge in [0.2, 0.25) is 0 Å². The maximum atomic E-state index is 13.2. The van der Waals surface area contributed by atoms with Gasteiger partial charge in [-0.1, -0.05) is 18.7 Å². The quantitative estimate of drug-likeness (QED) is 0.752. The van der Waals surface area contributed by atoms with E-state index in [2.05, 4.69) is 6.58 Å². The van der Waals surface area contributed by atoms with Gasteiger partial charge in [0.1, 0.15) is 11.4 Å². The number of hydrogen-bond acceptors (Lipinski definition) is 2. The largest absolute Gasteiger partial charge is 0.460 e. The lowest BCUT2D eigenvalue weighted by Gasteiger charge is -2.19. The molecule has 1 aromatic rings. The number of rotatable bonds is 3. The van der Waals surface area contributed by atoms with Crippen molar-refractivity contribution in [3.63, 3.8) is 0 Å². The Balaban J connectivity index is 2.78. The van der Waals surface area contributed by atoms with Crippen molar-refractivity contribution < 1.29 is 13.9 Å². The molecule has 0 amide bonds. The van der Waals surface area contributed by atoms with Crippen LogP contribution in [0.2, 0.25) is 0 Å². The predicted molar refractivity (Wildman–Crippen MR) is 66.0 cm³/mol. The van der Waals surface area contributed by atoms with Crippen molar-refractivity contribution in [3.8, 4) is 0 Å². The van der Waals surface area contributed by atoms with Gasteiger partial charge in [0.15, 0.2) is 0 Å². The molecule has 0 N–H and O–H groups in total. The van der Waals surface area contributed by atoms with Crippen LogP contribution in [0.4, 0.5) is 4.39 Å². The third kappa shape index (κ3) is 4.81. The molecule has 1 aromatic carbocycles. The summed E-state index contributed by atoms with van der Waals surface area (Å²) in [5.74, 6) is -0.737. The Kier molecular flexibility index (Phi) is 4.05. The number of esters is 1. The number of carbonyl (C=O) groups excluding carboxylic acids is 1. The standard InChI is InChI=1S/C14H17FO2/c1-5-10-6-11(8-12(15)7-10)9-13(16)17-14(2,3)4/h5-8H,1,9H2,2-4H3. The molecule has 0 saturated carbocycles. The Morgan fingerprint density at radius 3 is 2.59 bits per heavy atom. The van der Waals surface area contributed by atoms with Gasteiger partial charge in [-0.25, -0.2) is 4.39 Å². The first-order valence-corrected chi connectivity index (χ1v) is 5.44. The van der Waals surface area contributed by atoms with Crippen LogP contribution in [0, 0.1) is 5.82 Å². The predicted octanol–water partition coefficient (Wildman–Crippen LogP) is 3.35. The molecule has 0 aliphatic carbocycles. The van der Waals surface area contributed by atoms with Crippen LogP contribution in [0.5, 0.6) is 0 Å². The first-order valence-electron chi connectivity index (χ1n) is 5.44. The lowest BCUT2D eigenvalue weighted by Crippen LogP contribution is -2.24. The van der Waals surface area contributed by atoms with Gasteiger partial charge in [0, 0.05) is 0 Å². The highest BCUT2D eigenvalue weighted by atomic mass is 19.1. The Bertz CT molecular complexity index is 430. The first-order chi connectivity index (χ1) is 7.80.